The van der Waals surface area contributed by atoms with Crippen molar-refractivity contribution in [3.63, 3.8) is 0 Å². The average molecular weight is 325 g/mol. The van der Waals surface area contributed by atoms with Crippen molar-refractivity contribution in [1.82, 2.24) is 10.2 Å². The Morgan fingerprint density at radius 1 is 1.29 bits per heavy atom. The molecule has 1 fully saturated rings. The van der Waals surface area contributed by atoms with Gasteiger partial charge in [-0.2, -0.15) is 5.26 Å². The quantitative estimate of drug-likeness (QED) is 0.683. The van der Waals surface area contributed by atoms with Crippen molar-refractivity contribution >= 4 is 5.91 Å². The predicted octanol–water partition coefficient (Wildman–Crippen LogP) is 3.26. The minimum absolute atomic E-state index is 0.160. The smallest absolute Gasteiger partial charge is 0.265 e. The lowest BCUT2D eigenvalue weighted by atomic mass is 9.90. The molecule has 0 atom stereocenters. The molecule has 0 radical (unpaired) electrons. The fraction of sp³-hybridized carbons (Fsp3) is 0.500. The molecule has 1 heterocycles. The van der Waals surface area contributed by atoms with Gasteiger partial charge in [0.1, 0.15) is 11.6 Å². The van der Waals surface area contributed by atoms with Gasteiger partial charge in [-0.1, -0.05) is 30.3 Å². The molecule has 0 aromatic heterocycles. The van der Waals surface area contributed by atoms with Gasteiger partial charge in [-0.25, -0.2) is 0 Å². The van der Waals surface area contributed by atoms with E-state index in [1.165, 1.54) is 5.56 Å². The Balaban J connectivity index is 1.89. The van der Waals surface area contributed by atoms with Gasteiger partial charge in [0.2, 0.25) is 0 Å². The van der Waals surface area contributed by atoms with Gasteiger partial charge < -0.3 is 10.2 Å². The molecule has 1 saturated heterocycles. The van der Waals surface area contributed by atoms with E-state index in [0.717, 1.165) is 32.4 Å². The molecule has 128 valence electrons. The summed E-state index contributed by atoms with van der Waals surface area (Å²) in [6.07, 6.45) is 4.60. The molecule has 0 saturated carbocycles. The number of carbonyl (C=O) groups is 1. The number of carbonyl (C=O) groups excluding carboxylic acids is 1. The lowest BCUT2D eigenvalue weighted by molar-refractivity contribution is -0.128. The predicted molar refractivity (Wildman–Crippen MR) is 96.0 cm³/mol. The molecule has 0 spiro atoms. The second-order valence-electron chi connectivity index (χ2n) is 7.49. The Labute approximate surface area is 145 Å². The number of nitrogens with zero attached hydrogens (tertiary/aromatic N) is 2. The van der Waals surface area contributed by atoms with E-state index in [-0.39, 0.29) is 17.0 Å². The molecule has 0 aliphatic carbocycles. The number of nitriles is 1. The summed E-state index contributed by atoms with van der Waals surface area (Å²) in [4.78, 5) is 14.3. The number of piperidine rings is 1. The van der Waals surface area contributed by atoms with Gasteiger partial charge in [-0.3, -0.25) is 4.79 Å². The molecule has 1 amide bonds. The van der Waals surface area contributed by atoms with Gasteiger partial charge in [0.15, 0.2) is 0 Å². The standard InChI is InChI=1S/C20H27N3O/c1-20(2,3)22-15-18(14-21)19(24)23-11-9-17(10-12-23)13-16-7-5-4-6-8-16/h4-8,15,17,22H,9-13H2,1-3H3/b18-15-. The number of likely N-dealkylation sites (tertiary alicyclic amines) is 1. The van der Waals surface area contributed by atoms with Crippen LogP contribution in [0.3, 0.4) is 0 Å². The first-order valence-corrected chi connectivity index (χ1v) is 8.60. The Hall–Kier alpha value is -2.28. The van der Waals surface area contributed by atoms with Gasteiger partial charge in [0.25, 0.3) is 5.91 Å². The Morgan fingerprint density at radius 2 is 1.92 bits per heavy atom. The van der Waals surface area contributed by atoms with Crippen LogP contribution in [-0.4, -0.2) is 29.4 Å². The largest absolute Gasteiger partial charge is 0.385 e. The summed E-state index contributed by atoms with van der Waals surface area (Å²) >= 11 is 0. The van der Waals surface area contributed by atoms with Gasteiger partial charge in [-0.05, 0) is 51.5 Å². The lowest BCUT2D eigenvalue weighted by Crippen LogP contribution is -2.40. The van der Waals surface area contributed by atoms with Crippen LogP contribution >= 0.6 is 0 Å². The van der Waals surface area contributed by atoms with Crippen LogP contribution in [0.5, 0.6) is 0 Å². The Morgan fingerprint density at radius 3 is 2.46 bits per heavy atom. The maximum absolute atomic E-state index is 12.5. The van der Waals surface area contributed by atoms with Crippen molar-refractivity contribution < 1.29 is 4.79 Å². The van der Waals surface area contributed by atoms with E-state index in [9.17, 15) is 10.1 Å². The van der Waals surface area contributed by atoms with Crippen molar-refractivity contribution in [2.45, 2.75) is 45.6 Å². The monoisotopic (exact) mass is 325 g/mol. The number of nitrogens with one attached hydrogen (secondary N) is 1. The molecule has 1 aromatic carbocycles. The van der Waals surface area contributed by atoms with Gasteiger partial charge >= 0.3 is 0 Å². The SMILES string of the molecule is CC(C)(C)N/C=C(/C#N)C(=O)N1CCC(Cc2ccccc2)CC1. The van der Waals surface area contributed by atoms with Crippen LogP contribution in [0.25, 0.3) is 0 Å². The van der Waals surface area contributed by atoms with Crippen molar-refractivity contribution in [2.75, 3.05) is 13.1 Å². The van der Waals surface area contributed by atoms with E-state index in [0.29, 0.717) is 5.92 Å². The molecule has 1 N–H and O–H groups in total. The van der Waals surface area contributed by atoms with Gasteiger partial charge in [0.05, 0.1) is 0 Å². The number of hydrogen-bond donors (Lipinski definition) is 1. The summed E-state index contributed by atoms with van der Waals surface area (Å²) in [6.45, 7) is 7.45. The van der Waals surface area contributed by atoms with Gasteiger partial charge in [-0.15, -0.1) is 0 Å². The summed E-state index contributed by atoms with van der Waals surface area (Å²) in [5, 5.41) is 12.4. The molecular formula is C20H27N3O. The third kappa shape index (κ3) is 5.42. The van der Waals surface area contributed by atoms with Crippen LogP contribution in [0.1, 0.15) is 39.2 Å². The maximum Gasteiger partial charge on any atom is 0.265 e. The van der Waals surface area contributed by atoms with E-state index >= 15 is 0 Å². The minimum Gasteiger partial charge on any atom is -0.385 e. The topological polar surface area (TPSA) is 56.1 Å². The van der Waals surface area contributed by atoms with Crippen LogP contribution < -0.4 is 5.32 Å². The third-order valence-electron chi connectivity index (χ3n) is 4.27. The first-order valence-electron chi connectivity index (χ1n) is 8.60. The summed E-state index contributed by atoms with van der Waals surface area (Å²) < 4.78 is 0. The molecule has 2 rings (SSSR count). The van der Waals surface area contributed by atoms with Crippen molar-refractivity contribution in [3.05, 3.63) is 47.7 Å². The van der Waals surface area contributed by atoms with E-state index in [4.69, 9.17) is 0 Å². The fourth-order valence-corrected chi connectivity index (χ4v) is 2.89. The second-order valence-corrected chi connectivity index (χ2v) is 7.49. The summed E-state index contributed by atoms with van der Waals surface area (Å²) in [5.41, 5.74) is 1.38. The fourth-order valence-electron chi connectivity index (χ4n) is 2.89. The Kier molecular flexibility index (Phi) is 6.03. The van der Waals surface area contributed by atoms with Crippen LogP contribution in [0, 0.1) is 17.2 Å². The molecule has 1 aliphatic rings. The molecule has 24 heavy (non-hydrogen) atoms. The van der Waals surface area contributed by atoms with Crippen molar-refractivity contribution in [2.24, 2.45) is 5.92 Å². The van der Waals surface area contributed by atoms with E-state index < -0.39 is 0 Å². The maximum atomic E-state index is 12.5. The highest BCUT2D eigenvalue weighted by Crippen LogP contribution is 2.22. The number of benzene rings is 1. The summed E-state index contributed by atoms with van der Waals surface area (Å²) in [7, 11) is 0. The molecule has 0 bridgehead atoms. The highest BCUT2D eigenvalue weighted by atomic mass is 16.2. The molecule has 4 heteroatoms. The lowest BCUT2D eigenvalue weighted by Gasteiger charge is -2.32. The second kappa shape index (κ2) is 8.01. The van der Waals surface area contributed by atoms with Crippen LogP contribution in [0.15, 0.2) is 42.1 Å². The normalized spacial score (nSPS) is 16.6. The van der Waals surface area contributed by atoms with Crippen molar-refractivity contribution in [3.8, 4) is 6.07 Å². The van der Waals surface area contributed by atoms with E-state index in [1.807, 2.05) is 32.9 Å². The Bertz CT molecular complexity index is 615. The molecule has 4 nitrogen and oxygen atoms in total. The molecule has 0 unspecified atom stereocenters. The first-order chi connectivity index (χ1) is 11.4. The van der Waals surface area contributed by atoms with Crippen LogP contribution in [-0.2, 0) is 11.2 Å². The highest BCUT2D eigenvalue weighted by Gasteiger charge is 2.25. The highest BCUT2D eigenvalue weighted by molar-refractivity contribution is 5.97. The van der Waals surface area contributed by atoms with E-state index in [2.05, 4.69) is 29.6 Å². The zero-order valence-corrected chi connectivity index (χ0v) is 14.9. The number of rotatable bonds is 4. The zero-order valence-electron chi connectivity index (χ0n) is 14.9. The summed E-state index contributed by atoms with van der Waals surface area (Å²) in [5.74, 6) is 0.450. The zero-order chi connectivity index (χ0) is 17.6. The van der Waals surface area contributed by atoms with Crippen LogP contribution in [0.2, 0.25) is 0 Å². The average Bonchev–Trinajstić information content (AvgIpc) is 2.56. The number of amides is 1. The van der Waals surface area contributed by atoms with Gasteiger partial charge in [0, 0.05) is 24.8 Å². The van der Waals surface area contributed by atoms with Crippen LogP contribution in [0.4, 0.5) is 0 Å². The molecular weight excluding hydrogens is 298 g/mol. The van der Waals surface area contributed by atoms with Crippen molar-refractivity contribution in [1.29, 1.82) is 5.26 Å². The first kappa shape index (κ1) is 18.1. The minimum atomic E-state index is -0.162. The summed E-state index contributed by atoms with van der Waals surface area (Å²) in [6, 6.07) is 12.5. The molecule has 1 aromatic rings. The number of hydrogen-bond acceptors (Lipinski definition) is 3. The molecule has 1 aliphatic heterocycles. The van der Waals surface area contributed by atoms with E-state index in [1.54, 1.807) is 11.1 Å². The third-order valence-corrected chi connectivity index (χ3v) is 4.27.